The maximum Gasteiger partial charge on any atom is 0.279 e. The summed E-state index contributed by atoms with van der Waals surface area (Å²) < 4.78 is 11.2. The number of hydrogen-bond acceptors (Lipinski definition) is 6. The number of fused-ring (bicyclic) bond motifs is 1. The summed E-state index contributed by atoms with van der Waals surface area (Å²) in [6.45, 7) is 1.56. The van der Waals surface area contributed by atoms with Crippen molar-refractivity contribution in [2.24, 2.45) is 5.73 Å². The molecule has 0 aliphatic carbocycles. The molecule has 1 unspecified atom stereocenters. The molecule has 0 saturated heterocycles. The fourth-order valence-corrected chi connectivity index (χ4v) is 2.37. The number of nitrogens with two attached hydrogens (primary N) is 1. The van der Waals surface area contributed by atoms with Crippen molar-refractivity contribution in [3.8, 4) is 17.2 Å². The lowest BCUT2D eigenvalue weighted by molar-refractivity contribution is -0.383. The van der Waals surface area contributed by atoms with Gasteiger partial charge in [-0.15, -0.1) is 0 Å². The number of hydrogen-bond donors (Lipinski definition) is 1. The first kappa shape index (κ1) is 17.2. The van der Waals surface area contributed by atoms with Crippen LogP contribution in [0.1, 0.15) is 6.92 Å². The Morgan fingerprint density at radius 3 is 2.46 bits per heavy atom. The van der Waals surface area contributed by atoms with E-state index in [-0.39, 0.29) is 5.69 Å². The van der Waals surface area contributed by atoms with Gasteiger partial charge < -0.3 is 15.2 Å². The van der Waals surface area contributed by atoms with Crippen LogP contribution in [0, 0.1) is 10.1 Å². The Morgan fingerprint density at radius 2 is 1.81 bits per heavy atom. The van der Waals surface area contributed by atoms with Gasteiger partial charge in [0.15, 0.2) is 6.10 Å². The third-order valence-electron chi connectivity index (χ3n) is 3.72. The molecule has 1 amide bonds. The number of nitro benzene ring substituents is 1. The highest BCUT2D eigenvalue weighted by Crippen LogP contribution is 2.35. The molecule has 0 saturated carbocycles. The van der Waals surface area contributed by atoms with Gasteiger partial charge in [0.25, 0.3) is 11.6 Å². The minimum atomic E-state index is -0.743. The van der Waals surface area contributed by atoms with Gasteiger partial charge in [0.2, 0.25) is 0 Å². The molecule has 8 nitrogen and oxygen atoms in total. The Morgan fingerprint density at radius 1 is 1.12 bits per heavy atom. The first-order valence-electron chi connectivity index (χ1n) is 7.70. The minimum absolute atomic E-state index is 0.0374. The van der Waals surface area contributed by atoms with Crippen molar-refractivity contribution in [2.45, 2.75) is 13.0 Å². The van der Waals surface area contributed by atoms with Gasteiger partial charge in [0, 0.05) is 23.8 Å². The molecule has 1 heterocycles. The van der Waals surface area contributed by atoms with Crippen LogP contribution in [-0.4, -0.2) is 21.9 Å². The number of nitrogens with zero attached hydrogens (tertiary/aromatic N) is 2. The van der Waals surface area contributed by atoms with Crippen LogP contribution in [-0.2, 0) is 4.79 Å². The molecule has 0 bridgehead atoms. The summed E-state index contributed by atoms with van der Waals surface area (Å²) in [5, 5.41) is 12.1. The van der Waals surface area contributed by atoms with E-state index in [4.69, 9.17) is 15.2 Å². The van der Waals surface area contributed by atoms with Gasteiger partial charge in [-0.3, -0.25) is 19.9 Å². The second-order valence-corrected chi connectivity index (χ2v) is 5.50. The van der Waals surface area contributed by atoms with Gasteiger partial charge >= 0.3 is 0 Å². The maximum atomic E-state index is 11.1. The Hall–Kier alpha value is -3.68. The predicted molar refractivity (Wildman–Crippen MR) is 94.2 cm³/mol. The van der Waals surface area contributed by atoms with Crippen LogP contribution < -0.4 is 15.2 Å². The Balaban J connectivity index is 1.86. The zero-order chi connectivity index (χ0) is 18.7. The lowest BCUT2D eigenvalue weighted by Gasteiger charge is -2.12. The number of aromatic nitrogens is 1. The van der Waals surface area contributed by atoms with Crippen molar-refractivity contribution in [1.82, 2.24) is 4.98 Å². The number of carbonyl (C=O) groups excluding carboxylic acids is 1. The van der Waals surface area contributed by atoms with E-state index < -0.39 is 16.9 Å². The van der Waals surface area contributed by atoms with Crippen molar-refractivity contribution in [1.29, 1.82) is 0 Å². The Bertz CT molecular complexity index is 972. The monoisotopic (exact) mass is 353 g/mol. The lowest BCUT2D eigenvalue weighted by Crippen LogP contribution is -2.30. The lowest BCUT2D eigenvalue weighted by atomic mass is 10.1. The number of benzene rings is 2. The van der Waals surface area contributed by atoms with Gasteiger partial charge in [-0.05, 0) is 43.3 Å². The predicted octanol–water partition coefficient (Wildman–Crippen LogP) is 3.19. The molecule has 0 fully saturated rings. The molecule has 2 N–H and O–H groups in total. The average molecular weight is 353 g/mol. The minimum Gasteiger partial charge on any atom is -0.481 e. The van der Waals surface area contributed by atoms with Crippen LogP contribution in [0.3, 0.4) is 0 Å². The van der Waals surface area contributed by atoms with Crippen molar-refractivity contribution >= 4 is 22.4 Å². The smallest absolute Gasteiger partial charge is 0.279 e. The molecule has 8 heteroatoms. The summed E-state index contributed by atoms with van der Waals surface area (Å²) in [7, 11) is 0. The standard InChI is InChI=1S/C18H15N3O5/c1-11(18(19)22)25-12-2-4-13(5-3-12)26-17-7-6-16(21(23)24)15-10-20-9-8-14(15)17/h2-11H,1H3,(H2,19,22). The fraction of sp³-hybridized carbons (Fsp3) is 0.111. The summed E-state index contributed by atoms with van der Waals surface area (Å²) in [4.78, 5) is 25.7. The normalized spacial score (nSPS) is 11.7. The van der Waals surface area contributed by atoms with Crippen molar-refractivity contribution in [2.75, 3.05) is 0 Å². The van der Waals surface area contributed by atoms with Crippen LogP contribution in [0.25, 0.3) is 10.8 Å². The first-order chi connectivity index (χ1) is 12.5. The second kappa shape index (κ2) is 7.06. The summed E-state index contributed by atoms with van der Waals surface area (Å²) in [5.41, 5.74) is 5.12. The van der Waals surface area contributed by atoms with Crippen LogP contribution in [0.5, 0.6) is 17.2 Å². The molecule has 0 aliphatic rings. The molecule has 3 aromatic rings. The summed E-state index contributed by atoms with van der Waals surface area (Å²) >= 11 is 0. The number of rotatable bonds is 6. The average Bonchev–Trinajstić information content (AvgIpc) is 2.63. The van der Waals surface area contributed by atoms with Crippen molar-refractivity contribution in [3.63, 3.8) is 0 Å². The van der Waals surface area contributed by atoms with Crippen LogP contribution in [0.4, 0.5) is 5.69 Å². The van der Waals surface area contributed by atoms with Crippen LogP contribution in [0.15, 0.2) is 54.9 Å². The van der Waals surface area contributed by atoms with E-state index in [1.807, 2.05) is 0 Å². The zero-order valence-corrected chi connectivity index (χ0v) is 13.8. The first-order valence-corrected chi connectivity index (χ1v) is 7.70. The van der Waals surface area contributed by atoms with Gasteiger partial charge in [0.1, 0.15) is 17.2 Å². The highest BCUT2D eigenvalue weighted by atomic mass is 16.6. The number of amides is 1. The van der Waals surface area contributed by atoms with Gasteiger partial charge in [-0.2, -0.15) is 0 Å². The highest BCUT2D eigenvalue weighted by molar-refractivity contribution is 5.94. The van der Waals surface area contributed by atoms with E-state index in [0.717, 1.165) is 0 Å². The molecular weight excluding hydrogens is 338 g/mol. The SMILES string of the molecule is CC(Oc1ccc(Oc2ccc([N+](=O)[O-])c3cnccc23)cc1)C(N)=O. The molecular formula is C18H15N3O5. The second-order valence-electron chi connectivity index (χ2n) is 5.50. The molecule has 26 heavy (non-hydrogen) atoms. The number of nitro groups is 1. The van der Waals surface area contributed by atoms with E-state index in [0.29, 0.717) is 28.0 Å². The number of ether oxygens (including phenoxy) is 2. The van der Waals surface area contributed by atoms with Gasteiger partial charge in [0.05, 0.1) is 10.3 Å². The Labute approximate surface area is 148 Å². The number of primary amides is 1. The molecule has 2 aromatic carbocycles. The van der Waals surface area contributed by atoms with E-state index in [1.54, 1.807) is 49.5 Å². The molecule has 0 aliphatic heterocycles. The molecule has 132 valence electrons. The van der Waals surface area contributed by atoms with Gasteiger partial charge in [-0.25, -0.2) is 0 Å². The quantitative estimate of drug-likeness (QED) is 0.537. The van der Waals surface area contributed by atoms with Crippen molar-refractivity contribution in [3.05, 3.63) is 65.0 Å². The summed E-state index contributed by atoms with van der Waals surface area (Å²) in [6.07, 6.45) is 2.23. The molecule has 1 aromatic heterocycles. The fourth-order valence-electron chi connectivity index (χ4n) is 2.37. The summed E-state index contributed by atoms with van der Waals surface area (Å²) in [6, 6.07) is 11.2. The molecule has 0 radical (unpaired) electrons. The van der Waals surface area contributed by atoms with Crippen LogP contribution in [0.2, 0.25) is 0 Å². The van der Waals surface area contributed by atoms with Crippen LogP contribution >= 0.6 is 0 Å². The largest absolute Gasteiger partial charge is 0.481 e. The third kappa shape index (κ3) is 3.54. The number of carbonyl (C=O) groups is 1. The summed E-state index contributed by atoms with van der Waals surface area (Å²) in [5.74, 6) is 0.890. The molecule has 3 rings (SSSR count). The zero-order valence-electron chi connectivity index (χ0n) is 13.8. The molecule has 0 spiro atoms. The van der Waals surface area contributed by atoms with E-state index in [1.165, 1.54) is 12.3 Å². The van der Waals surface area contributed by atoms with E-state index in [9.17, 15) is 14.9 Å². The topological polar surface area (TPSA) is 118 Å². The Kier molecular flexibility index (Phi) is 4.66. The van der Waals surface area contributed by atoms with Gasteiger partial charge in [-0.1, -0.05) is 0 Å². The van der Waals surface area contributed by atoms with E-state index in [2.05, 4.69) is 4.98 Å². The highest BCUT2D eigenvalue weighted by Gasteiger charge is 2.16. The number of pyridine rings is 1. The van der Waals surface area contributed by atoms with Crippen molar-refractivity contribution < 1.29 is 19.2 Å². The third-order valence-corrected chi connectivity index (χ3v) is 3.72. The number of non-ortho nitro benzene ring substituents is 1. The van der Waals surface area contributed by atoms with E-state index >= 15 is 0 Å². The maximum absolute atomic E-state index is 11.1. The molecule has 1 atom stereocenters.